The van der Waals surface area contributed by atoms with E-state index in [-0.39, 0.29) is 29.7 Å². The number of hydrogen-bond acceptors (Lipinski definition) is 6. The standard InChI is InChI=1S/C18H10F4N4O3/c19-13-6-4-10(5-7-13)16-24-26(17(27)28-16)9-14-23-15(25-29-14)11-2-1-3-12(8-11)18(20,21)22/h1-8H,9H2. The van der Waals surface area contributed by atoms with E-state index in [1.807, 2.05) is 0 Å². The van der Waals surface area contributed by atoms with Crippen LogP contribution in [0.5, 0.6) is 0 Å². The largest absolute Gasteiger partial charge is 0.437 e. The van der Waals surface area contributed by atoms with Crippen LogP contribution in [0.15, 0.2) is 62.3 Å². The number of alkyl halides is 3. The minimum absolute atomic E-state index is 0.0346. The fourth-order valence-electron chi connectivity index (χ4n) is 2.51. The predicted molar refractivity (Wildman–Crippen MR) is 90.0 cm³/mol. The van der Waals surface area contributed by atoms with Gasteiger partial charge in [0, 0.05) is 11.1 Å². The highest BCUT2D eigenvalue weighted by atomic mass is 19.4. The Bertz CT molecular complexity index is 1210. The first kappa shape index (κ1) is 18.6. The zero-order valence-corrected chi connectivity index (χ0v) is 14.4. The molecule has 0 aliphatic heterocycles. The summed E-state index contributed by atoms with van der Waals surface area (Å²) in [6.45, 7) is -0.254. The molecular formula is C18H10F4N4O3. The number of nitrogens with zero attached hydrogens (tertiary/aromatic N) is 4. The zero-order chi connectivity index (χ0) is 20.6. The molecule has 0 spiro atoms. The van der Waals surface area contributed by atoms with Gasteiger partial charge in [-0.05, 0) is 36.4 Å². The second-order valence-corrected chi connectivity index (χ2v) is 5.93. The molecule has 11 heteroatoms. The van der Waals surface area contributed by atoms with E-state index >= 15 is 0 Å². The molecule has 2 heterocycles. The zero-order valence-electron chi connectivity index (χ0n) is 14.4. The minimum Gasteiger partial charge on any atom is -0.388 e. The molecule has 0 radical (unpaired) electrons. The van der Waals surface area contributed by atoms with Crippen molar-refractivity contribution in [3.8, 4) is 22.8 Å². The van der Waals surface area contributed by atoms with Crippen molar-refractivity contribution in [1.29, 1.82) is 0 Å². The third-order valence-corrected chi connectivity index (χ3v) is 3.90. The van der Waals surface area contributed by atoms with Gasteiger partial charge in [-0.2, -0.15) is 22.8 Å². The summed E-state index contributed by atoms with van der Waals surface area (Å²) in [5.74, 6) is -1.43. The molecule has 0 saturated heterocycles. The van der Waals surface area contributed by atoms with Crippen LogP contribution in [0, 0.1) is 5.82 Å². The Morgan fingerprint density at radius 2 is 1.79 bits per heavy atom. The van der Waals surface area contributed by atoms with Crippen LogP contribution < -0.4 is 5.76 Å². The molecule has 148 valence electrons. The molecule has 0 N–H and O–H groups in total. The van der Waals surface area contributed by atoms with Crippen LogP contribution in [0.3, 0.4) is 0 Å². The van der Waals surface area contributed by atoms with E-state index in [0.717, 1.165) is 16.8 Å². The topological polar surface area (TPSA) is 87.0 Å². The Hall–Kier alpha value is -3.76. The van der Waals surface area contributed by atoms with Crippen molar-refractivity contribution in [2.75, 3.05) is 0 Å². The molecule has 0 saturated carbocycles. The molecule has 0 fully saturated rings. The van der Waals surface area contributed by atoms with Gasteiger partial charge in [0.25, 0.3) is 0 Å². The van der Waals surface area contributed by atoms with E-state index in [1.165, 1.54) is 36.4 Å². The summed E-state index contributed by atoms with van der Waals surface area (Å²) in [4.78, 5) is 16.0. The van der Waals surface area contributed by atoms with Crippen molar-refractivity contribution >= 4 is 0 Å². The Kier molecular flexibility index (Phi) is 4.49. The Balaban J connectivity index is 1.57. The fourth-order valence-corrected chi connectivity index (χ4v) is 2.51. The highest BCUT2D eigenvalue weighted by molar-refractivity contribution is 5.55. The van der Waals surface area contributed by atoms with Crippen molar-refractivity contribution in [3.63, 3.8) is 0 Å². The van der Waals surface area contributed by atoms with Crippen LogP contribution in [0.2, 0.25) is 0 Å². The second kappa shape index (κ2) is 7.00. The normalized spacial score (nSPS) is 11.7. The fraction of sp³-hybridized carbons (Fsp3) is 0.111. The SMILES string of the molecule is O=c1oc(-c2ccc(F)cc2)nn1Cc1nc(-c2cccc(C(F)(F)F)c2)no1. The Labute approximate surface area is 159 Å². The van der Waals surface area contributed by atoms with Crippen LogP contribution in [0.4, 0.5) is 17.6 Å². The van der Waals surface area contributed by atoms with Gasteiger partial charge in [-0.25, -0.2) is 9.18 Å². The molecule has 0 bridgehead atoms. The summed E-state index contributed by atoms with van der Waals surface area (Å²) in [6, 6.07) is 9.61. The molecule has 2 aromatic carbocycles. The van der Waals surface area contributed by atoms with Gasteiger partial charge in [0.05, 0.1) is 5.56 Å². The maximum Gasteiger partial charge on any atom is 0.437 e. The average Bonchev–Trinajstić information content (AvgIpc) is 3.29. The highest BCUT2D eigenvalue weighted by Gasteiger charge is 2.30. The van der Waals surface area contributed by atoms with E-state index in [4.69, 9.17) is 8.94 Å². The lowest BCUT2D eigenvalue weighted by molar-refractivity contribution is -0.137. The van der Waals surface area contributed by atoms with E-state index < -0.39 is 23.3 Å². The molecular weight excluding hydrogens is 396 g/mol. The maximum atomic E-state index is 13.0. The molecule has 0 aliphatic rings. The van der Waals surface area contributed by atoms with E-state index in [0.29, 0.717) is 5.56 Å². The lowest BCUT2D eigenvalue weighted by atomic mass is 10.1. The predicted octanol–water partition coefficient (Wildman–Crippen LogP) is 3.76. The monoisotopic (exact) mass is 406 g/mol. The lowest BCUT2D eigenvalue weighted by Crippen LogP contribution is -2.16. The van der Waals surface area contributed by atoms with E-state index in [2.05, 4.69) is 15.2 Å². The highest BCUT2D eigenvalue weighted by Crippen LogP contribution is 2.31. The Morgan fingerprint density at radius 3 is 2.52 bits per heavy atom. The number of aromatic nitrogens is 4. The van der Waals surface area contributed by atoms with Crippen molar-refractivity contribution < 1.29 is 26.5 Å². The summed E-state index contributed by atoms with van der Waals surface area (Å²) in [7, 11) is 0. The lowest BCUT2D eigenvalue weighted by Gasteiger charge is -2.06. The van der Waals surface area contributed by atoms with Crippen LogP contribution in [-0.2, 0) is 12.7 Å². The third kappa shape index (κ3) is 3.93. The summed E-state index contributed by atoms with van der Waals surface area (Å²) in [5, 5.41) is 7.61. The minimum atomic E-state index is -4.51. The van der Waals surface area contributed by atoms with Gasteiger partial charge in [0.2, 0.25) is 17.6 Å². The second-order valence-electron chi connectivity index (χ2n) is 5.93. The van der Waals surface area contributed by atoms with Crippen molar-refractivity contribution in [2.45, 2.75) is 12.7 Å². The number of rotatable bonds is 4. The molecule has 2 aromatic heterocycles. The van der Waals surface area contributed by atoms with Crippen molar-refractivity contribution in [1.82, 2.24) is 19.9 Å². The summed E-state index contributed by atoms with van der Waals surface area (Å²) in [6.07, 6.45) is -4.51. The number of benzene rings is 2. The van der Waals surface area contributed by atoms with Gasteiger partial charge in [0.1, 0.15) is 12.4 Å². The van der Waals surface area contributed by atoms with Gasteiger partial charge in [-0.1, -0.05) is 17.3 Å². The first-order valence-corrected chi connectivity index (χ1v) is 8.14. The van der Waals surface area contributed by atoms with Crippen LogP contribution in [0.1, 0.15) is 11.5 Å². The van der Waals surface area contributed by atoms with Gasteiger partial charge in [0.15, 0.2) is 0 Å². The summed E-state index contributed by atoms with van der Waals surface area (Å²) < 4.78 is 62.5. The third-order valence-electron chi connectivity index (χ3n) is 3.90. The molecule has 4 rings (SSSR count). The quantitative estimate of drug-likeness (QED) is 0.480. The number of halogens is 4. The van der Waals surface area contributed by atoms with E-state index in [1.54, 1.807) is 0 Å². The van der Waals surface area contributed by atoms with Crippen LogP contribution in [0.25, 0.3) is 22.8 Å². The molecule has 7 nitrogen and oxygen atoms in total. The van der Waals surface area contributed by atoms with Gasteiger partial charge >= 0.3 is 11.9 Å². The van der Waals surface area contributed by atoms with Gasteiger partial charge < -0.3 is 8.94 Å². The number of hydrogen-bond donors (Lipinski definition) is 0. The first-order chi connectivity index (χ1) is 13.8. The van der Waals surface area contributed by atoms with Crippen molar-refractivity contribution in [2.24, 2.45) is 0 Å². The smallest absolute Gasteiger partial charge is 0.388 e. The maximum absolute atomic E-state index is 13.0. The van der Waals surface area contributed by atoms with Crippen molar-refractivity contribution in [3.05, 3.63) is 76.4 Å². The molecule has 29 heavy (non-hydrogen) atoms. The average molecular weight is 406 g/mol. The van der Waals surface area contributed by atoms with Gasteiger partial charge in [-0.15, -0.1) is 5.10 Å². The molecule has 0 amide bonds. The molecule has 4 aromatic rings. The Morgan fingerprint density at radius 1 is 1.03 bits per heavy atom. The summed E-state index contributed by atoms with van der Waals surface area (Å²) >= 11 is 0. The molecule has 0 atom stereocenters. The van der Waals surface area contributed by atoms with Crippen LogP contribution >= 0.6 is 0 Å². The van der Waals surface area contributed by atoms with Gasteiger partial charge in [-0.3, -0.25) is 0 Å². The van der Waals surface area contributed by atoms with Crippen LogP contribution in [-0.4, -0.2) is 19.9 Å². The molecule has 0 aliphatic carbocycles. The summed E-state index contributed by atoms with van der Waals surface area (Å²) in [5.41, 5.74) is -0.357. The first-order valence-electron chi connectivity index (χ1n) is 8.14. The molecule has 0 unspecified atom stereocenters. The van der Waals surface area contributed by atoms with E-state index in [9.17, 15) is 22.4 Å².